The molecule has 1 saturated heterocycles. The summed E-state index contributed by atoms with van der Waals surface area (Å²) in [5.41, 5.74) is 0.590. The molecule has 0 radical (unpaired) electrons. The molecule has 1 aromatic rings. The van der Waals surface area contributed by atoms with Crippen molar-refractivity contribution in [3.05, 3.63) is 24.3 Å². The number of hydrogen-bond acceptors (Lipinski definition) is 5. The number of rotatable bonds is 4. The summed E-state index contributed by atoms with van der Waals surface area (Å²) < 4.78 is 30.0. The number of nitrogens with zero attached hydrogens (tertiary/aromatic N) is 1. The molecule has 23 heavy (non-hydrogen) atoms. The lowest BCUT2D eigenvalue weighted by molar-refractivity contribution is -0.139. The van der Waals surface area contributed by atoms with E-state index in [1.807, 2.05) is 0 Å². The number of hydrogen-bond donors (Lipinski definition) is 1. The van der Waals surface area contributed by atoms with Gasteiger partial charge in [0.25, 0.3) is 0 Å². The Labute approximate surface area is 135 Å². The van der Waals surface area contributed by atoms with Gasteiger partial charge < -0.3 is 10.1 Å². The highest BCUT2D eigenvalue weighted by Crippen LogP contribution is 2.23. The number of amides is 1. The second kappa shape index (κ2) is 7.10. The summed E-state index contributed by atoms with van der Waals surface area (Å²) in [6, 6.07) is 5.54. The van der Waals surface area contributed by atoms with Crippen LogP contribution in [-0.2, 0) is 19.6 Å². The van der Waals surface area contributed by atoms with Crippen molar-refractivity contribution in [2.45, 2.75) is 32.2 Å². The van der Waals surface area contributed by atoms with Crippen LogP contribution in [0.5, 0.6) is 5.75 Å². The maximum atomic E-state index is 12.3. The fourth-order valence-electron chi connectivity index (χ4n) is 2.53. The highest BCUT2D eigenvalue weighted by atomic mass is 32.2. The molecule has 0 spiro atoms. The summed E-state index contributed by atoms with van der Waals surface area (Å²) in [4.78, 5) is 23.2. The molecule has 0 aromatic heterocycles. The van der Waals surface area contributed by atoms with Gasteiger partial charge >= 0.3 is 5.97 Å². The lowest BCUT2D eigenvalue weighted by Crippen LogP contribution is -2.48. The van der Waals surface area contributed by atoms with E-state index in [0.29, 0.717) is 24.4 Å². The number of carbonyl (C=O) groups excluding carboxylic acids is 2. The first-order valence-electron chi connectivity index (χ1n) is 7.33. The maximum absolute atomic E-state index is 12.3. The van der Waals surface area contributed by atoms with Gasteiger partial charge in [-0.05, 0) is 43.5 Å². The van der Waals surface area contributed by atoms with Gasteiger partial charge in [-0.3, -0.25) is 4.79 Å². The smallest absolute Gasteiger partial charge is 0.329 e. The average Bonchev–Trinajstić information content (AvgIpc) is 2.48. The number of ether oxygens (including phenoxy) is 1. The second-order valence-electron chi connectivity index (χ2n) is 5.51. The summed E-state index contributed by atoms with van der Waals surface area (Å²) >= 11 is 0. The SMILES string of the molecule is CC(=O)Nc1ccc(OC(=O)[C@@H]2CCCCN2S(C)(=O)=O)cc1. The van der Waals surface area contributed by atoms with Crippen LogP contribution in [0.1, 0.15) is 26.2 Å². The first-order chi connectivity index (χ1) is 10.8. The summed E-state index contributed by atoms with van der Waals surface area (Å²) in [5.74, 6) is -0.466. The molecule has 8 heteroatoms. The van der Waals surface area contributed by atoms with Gasteiger partial charge in [-0.15, -0.1) is 0 Å². The molecular formula is C15H20N2O5S. The lowest BCUT2D eigenvalue weighted by atomic mass is 10.1. The Morgan fingerprint density at radius 2 is 1.87 bits per heavy atom. The Kier molecular flexibility index (Phi) is 5.38. The predicted octanol–water partition coefficient (Wildman–Crippen LogP) is 1.36. The minimum atomic E-state index is -3.45. The van der Waals surface area contributed by atoms with E-state index in [2.05, 4.69) is 5.32 Å². The van der Waals surface area contributed by atoms with E-state index in [1.54, 1.807) is 24.3 Å². The van der Waals surface area contributed by atoms with Crippen LogP contribution < -0.4 is 10.1 Å². The number of piperidine rings is 1. The molecule has 1 fully saturated rings. The highest BCUT2D eigenvalue weighted by molar-refractivity contribution is 7.88. The Morgan fingerprint density at radius 3 is 2.43 bits per heavy atom. The van der Waals surface area contributed by atoms with Gasteiger partial charge in [-0.25, -0.2) is 13.2 Å². The van der Waals surface area contributed by atoms with Crippen LogP contribution >= 0.6 is 0 Å². The number of carbonyl (C=O) groups is 2. The van der Waals surface area contributed by atoms with E-state index >= 15 is 0 Å². The zero-order valence-corrected chi connectivity index (χ0v) is 13.9. The van der Waals surface area contributed by atoms with Gasteiger partial charge in [0.05, 0.1) is 6.26 Å². The second-order valence-corrected chi connectivity index (χ2v) is 7.45. The number of nitrogens with one attached hydrogen (secondary N) is 1. The highest BCUT2D eigenvalue weighted by Gasteiger charge is 2.35. The Hall–Kier alpha value is -1.93. The van der Waals surface area contributed by atoms with Crippen LogP contribution in [-0.4, -0.2) is 43.4 Å². The van der Waals surface area contributed by atoms with Crippen molar-refractivity contribution in [3.63, 3.8) is 0 Å². The van der Waals surface area contributed by atoms with Gasteiger partial charge in [0, 0.05) is 19.2 Å². The van der Waals surface area contributed by atoms with Crippen LogP contribution in [0.3, 0.4) is 0 Å². The van der Waals surface area contributed by atoms with Gasteiger partial charge in [0.15, 0.2) is 0 Å². The third-order valence-corrected chi connectivity index (χ3v) is 4.83. The van der Waals surface area contributed by atoms with Crippen molar-refractivity contribution in [2.24, 2.45) is 0 Å². The first-order valence-corrected chi connectivity index (χ1v) is 9.18. The Morgan fingerprint density at radius 1 is 1.22 bits per heavy atom. The first kappa shape index (κ1) is 17.4. The van der Waals surface area contributed by atoms with Crippen LogP contribution in [0.2, 0.25) is 0 Å². The molecular weight excluding hydrogens is 320 g/mol. The van der Waals surface area contributed by atoms with Crippen LogP contribution in [0.25, 0.3) is 0 Å². The van der Waals surface area contributed by atoms with Crippen molar-refractivity contribution >= 4 is 27.6 Å². The number of esters is 1. The molecule has 0 aliphatic carbocycles. The topological polar surface area (TPSA) is 92.8 Å². The monoisotopic (exact) mass is 340 g/mol. The molecule has 1 aliphatic heterocycles. The van der Waals surface area contributed by atoms with E-state index < -0.39 is 22.0 Å². The molecule has 1 atom stereocenters. The van der Waals surface area contributed by atoms with E-state index in [9.17, 15) is 18.0 Å². The van der Waals surface area contributed by atoms with Gasteiger partial charge in [0.2, 0.25) is 15.9 Å². The standard InChI is InChI=1S/C15H20N2O5S/c1-11(18)16-12-6-8-13(9-7-12)22-15(19)14-5-3-4-10-17(14)23(2,20)21/h6-9,14H,3-5,10H2,1-2H3,(H,16,18)/t14-/m0/s1. The molecule has 2 rings (SSSR count). The summed E-state index contributed by atoms with van der Waals surface area (Å²) in [5, 5.41) is 2.61. The normalized spacial score (nSPS) is 19.1. The third-order valence-electron chi connectivity index (χ3n) is 3.54. The molecule has 0 unspecified atom stereocenters. The van der Waals surface area contributed by atoms with E-state index in [0.717, 1.165) is 19.1 Å². The summed E-state index contributed by atoms with van der Waals surface area (Å²) in [6.07, 6.45) is 3.08. The zero-order chi connectivity index (χ0) is 17.0. The van der Waals surface area contributed by atoms with E-state index in [1.165, 1.54) is 11.2 Å². The van der Waals surface area contributed by atoms with E-state index in [-0.39, 0.29) is 5.91 Å². The molecule has 0 saturated carbocycles. The lowest BCUT2D eigenvalue weighted by Gasteiger charge is -2.31. The van der Waals surface area contributed by atoms with Crippen molar-refractivity contribution < 1.29 is 22.7 Å². The molecule has 1 aromatic carbocycles. The van der Waals surface area contributed by atoms with Gasteiger partial charge in [0.1, 0.15) is 11.8 Å². The molecule has 0 bridgehead atoms. The van der Waals surface area contributed by atoms with Crippen molar-refractivity contribution in [3.8, 4) is 5.75 Å². The zero-order valence-electron chi connectivity index (χ0n) is 13.1. The number of anilines is 1. The molecule has 1 heterocycles. The minimum Gasteiger partial charge on any atom is -0.425 e. The quantitative estimate of drug-likeness (QED) is 0.660. The molecule has 7 nitrogen and oxygen atoms in total. The molecule has 1 N–H and O–H groups in total. The molecule has 1 amide bonds. The molecule has 126 valence electrons. The summed E-state index contributed by atoms with van der Waals surface area (Å²) in [6.45, 7) is 1.73. The van der Waals surface area contributed by atoms with Gasteiger partial charge in [-0.2, -0.15) is 4.31 Å². The fraction of sp³-hybridized carbons (Fsp3) is 0.467. The fourth-order valence-corrected chi connectivity index (χ4v) is 3.65. The minimum absolute atomic E-state index is 0.194. The van der Waals surface area contributed by atoms with Crippen LogP contribution in [0.4, 0.5) is 5.69 Å². The molecule has 1 aliphatic rings. The average molecular weight is 340 g/mol. The van der Waals surface area contributed by atoms with Crippen molar-refractivity contribution in [1.82, 2.24) is 4.31 Å². The van der Waals surface area contributed by atoms with Gasteiger partial charge in [-0.1, -0.05) is 0 Å². The van der Waals surface area contributed by atoms with Crippen molar-refractivity contribution in [2.75, 3.05) is 18.1 Å². The predicted molar refractivity (Wildman–Crippen MR) is 85.6 cm³/mol. The Bertz CT molecular complexity index is 684. The third kappa shape index (κ3) is 4.77. The number of benzene rings is 1. The van der Waals surface area contributed by atoms with E-state index in [4.69, 9.17) is 4.74 Å². The van der Waals surface area contributed by atoms with Crippen LogP contribution in [0, 0.1) is 0 Å². The maximum Gasteiger partial charge on any atom is 0.329 e. The van der Waals surface area contributed by atoms with Crippen molar-refractivity contribution in [1.29, 1.82) is 0 Å². The van der Waals surface area contributed by atoms with Crippen LogP contribution in [0.15, 0.2) is 24.3 Å². The summed E-state index contributed by atoms with van der Waals surface area (Å²) in [7, 11) is -3.45. The Balaban J connectivity index is 2.06. The number of sulfonamides is 1. The largest absolute Gasteiger partial charge is 0.425 e.